The minimum absolute atomic E-state index is 0.575. The second kappa shape index (κ2) is 8.67. The number of amidine groups is 1. The smallest absolute Gasteiger partial charge is 0.215 e. The highest BCUT2D eigenvalue weighted by Gasteiger charge is 2.00. The first kappa shape index (κ1) is 15.8. The lowest BCUT2D eigenvalue weighted by molar-refractivity contribution is 0.302. The molecule has 5 heteroatoms. The van der Waals surface area contributed by atoms with E-state index in [1.54, 1.807) is 13.2 Å². The van der Waals surface area contributed by atoms with Crippen LogP contribution < -0.4 is 15.8 Å². The highest BCUT2D eigenvalue weighted by Crippen LogP contribution is 2.15. The van der Waals surface area contributed by atoms with Crippen LogP contribution in [0, 0.1) is 0 Å². The molecule has 0 aliphatic rings. The van der Waals surface area contributed by atoms with E-state index >= 15 is 0 Å². The summed E-state index contributed by atoms with van der Waals surface area (Å²) in [5.41, 5.74) is 7.86. The minimum Gasteiger partial charge on any atom is -0.478 e. The van der Waals surface area contributed by atoms with E-state index in [0.29, 0.717) is 18.3 Å². The van der Waals surface area contributed by atoms with Crippen molar-refractivity contribution in [2.75, 3.05) is 19.0 Å². The highest BCUT2D eigenvalue weighted by atomic mass is 16.5. The van der Waals surface area contributed by atoms with Crippen molar-refractivity contribution in [2.24, 2.45) is 10.7 Å². The first-order chi connectivity index (χ1) is 10.8. The van der Waals surface area contributed by atoms with Crippen LogP contribution in [0.4, 0.5) is 5.69 Å². The van der Waals surface area contributed by atoms with E-state index in [0.717, 1.165) is 25.1 Å². The Kier molecular flexibility index (Phi) is 6.23. The standard InChI is InChI=1S/C17H22N4O/c1-19-16(18)8-5-11-22-17-12-15(9-10-20-17)21-13-14-6-3-2-4-7-14/h2-4,6-7,9-10,12H,5,8,11,13H2,1H3,(H2,18,19)(H,20,21). The van der Waals surface area contributed by atoms with Crippen LogP contribution in [0.25, 0.3) is 0 Å². The first-order valence-electron chi connectivity index (χ1n) is 7.35. The lowest BCUT2D eigenvalue weighted by Gasteiger charge is -2.09. The SMILES string of the molecule is CN=C(N)CCCOc1cc(NCc2ccccc2)ccn1. The summed E-state index contributed by atoms with van der Waals surface area (Å²) in [6.45, 7) is 1.35. The van der Waals surface area contributed by atoms with E-state index in [2.05, 4.69) is 27.4 Å². The molecule has 0 unspecified atom stereocenters. The summed E-state index contributed by atoms with van der Waals surface area (Å²) in [6.07, 6.45) is 3.31. The Hall–Kier alpha value is -2.56. The molecule has 3 N–H and O–H groups in total. The second-order valence-corrected chi connectivity index (χ2v) is 4.89. The summed E-state index contributed by atoms with van der Waals surface area (Å²) >= 11 is 0. The first-order valence-corrected chi connectivity index (χ1v) is 7.35. The van der Waals surface area contributed by atoms with Crippen molar-refractivity contribution in [3.8, 4) is 5.88 Å². The Bertz CT molecular complexity index is 599. The van der Waals surface area contributed by atoms with Crippen LogP contribution in [0.1, 0.15) is 18.4 Å². The number of nitrogens with zero attached hydrogens (tertiary/aromatic N) is 2. The molecular formula is C17H22N4O. The molecule has 1 heterocycles. The fraction of sp³-hybridized carbons (Fsp3) is 0.294. The number of hydrogen-bond donors (Lipinski definition) is 2. The summed E-state index contributed by atoms with van der Waals surface area (Å²) in [4.78, 5) is 8.12. The number of rotatable bonds is 8. The zero-order valence-electron chi connectivity index (χ0n) is 12.8. The number of aromatic nitrogens is 1. The summed E-state index contributed by atoms with van der Waals surface area (Å²) in [5.74, 6) is 1.26. The summed E-state index contributed by atoms with van der Waals surface area (Å²) in [5, 5.41) is 3.36. The van der Waals surface area contributed by atoms with E-state index in [-0.39, 0.29) is 0 Å². The number of ether oxygens (including phenoxy) is 1. The predicted octanol–water partition coefficient (Wildman–Crippen LogP) is 2.84. The van der Waals surface area contributed by atoms with E-state index in [1.807, 2.05) is 30.3 Å². The quantitative estimate of drug-likeness (QED) is 0.446. The van der Waals surface area contributed by atoms with Crippen LogP contribution in [0.15, 0.2) is 53.7 Å². The number of aliphatic imine (C=N–C) groups is 1. The van der Waals surface area contributed by atoms with Crippen LogP contribution >= 0.6 is 0 Å². The molecule has 0 saturated carbocycles. The Morgan fingerprint density at radius 2 is 2.09 bits per heavy atom. The molecule has 1 aromatic heterocycles. The average Bonchev–Trinajstić information content (AvgIpc) is 2.58. The van der Waals surface area contributed by atoms with Gasteiger partial charge in [-0.15, -0.1) is 0 Å². The molecule has 0 amide bonds. The lowest BCUT2D eigenvalue weighted by Crippen LogP contribution is -2.12. The number of pyridine rings is 1. The molecule has 0 saturated heterocycles. The van der Waals surface area contributed by atoms with Crippen molar-refractivity contribution in [1.29, 1.82) is 0 Å². The molecule has 0 bridgehead atoms. The lowest BCUT2D eigenvalue weighted by atomic mass is 10.2. The van der Waals surface area contributed by atoms with E-state index < -0.39 is 0 Å². The van der Waals surface area contributed by atoms with Crippen molar-refractivity contribution in [3.63, 3.8) is 0 Å². The van der Waals surface area contributed by atoms with Crippen molar-refractivity contribution in [3.05, 3.63) is 54.2 Å². The minimum atomic E-state index is 0.575. The maximum Gasteiger partial charge on any atom is 0.215 e. The van der Waals surface area contributed by atoms with Crippen LogP contribution in [-0.2, 0) is 6.54 Å². The molecule has 116 valence electrons. The van der Waals surface area contributed by atoms with Gasteiger partial charge in [-0.25, -0.2) is 4.98 Å². The zero-order valence-corrected chi connectivity index (χ0v) is 12.8. The van der Waals surface area contributed by atoms with Gasteiger partial charge in [-0.3, -0.25) is 4.99 Å². The van der Waals surface area contributed by atoms with Crippen molar-refractivity contribution in [2.45, 2.75) is 19.4 Å². The maximum absolute atomic E-state index is 5.64. The Morgan fingerprint density at radius 1 is 1.27 bits per heavy atom. The molecule has 2 rings (SSSR count). The molecule has 0 radical (unpaired) electrons. The number of nitrogens with two attached hydrogens (primary N) is 1. The molecule has 2 aromatic rings. The van der Waals surface area contributed by atoms with Gasteiger partial charge in [0, 0.05) is 38.0 Å². The number of anilines is 1. The fourth-order valence-electron chi connectivity index (χ4n) is 1.94. The van der Waals surface area contributed by atoms with Crippen LogP contribution in [0.5, 0.6) is 5.88 Å². The van der Waals surface area contributed by atoms with Crippen molar-refractivity contribution < 1.29 is 4.74 Å². The third-order valence-electron chi connectivity index (χ3n) is 3.19. The number of nitrogens with one attached hydrogen (secondary N) is 1. The van der Waals surface area contributed by atoms with Gasteiger partial charge >= 0.3 is 0 Å². The molecule has 0 atom stereocenters. The fourth-order valence-corrected chi connectivity index (χ4v) is 1.94. The number of benzene rings is 1. The average molecular weight is 298 g/mol. The molecule has 0 aliphatic heterocycles. The molecule has 0 spiro atoms. The van der Waals surface area contributed by atoms with E-state index in [1.165, 1.54) is 5.56 Å². The van der Waals surface area contributed by atoms with Gasteiger partial charge in [0.15, 0.2) is 0 Å². The third-order valence-corrected chi connectivity index (χ3v) is 3.19. The molecular weight excluding hydrogens is 276 g/mol. The van der Waals surface area contributed by atoms with Crippen LogP contribution in [-0.4, -0.2) is 24.5 Å². The summed E-state index contributed by atoms with van der Waals surface area (Å²) in [7, 11) is 1.69. The molecule has 1 aromatic carbocycles. The van der Waals surface area contributed by atoms with Crippen LogP contribution in [0.3, 0.4) is 0 Å². The van der Waals surface area contributed by atoms with E-state index in [4.69, 9.17) is 10.5 Å². The number of hydrogen-bond acceptors (Lipinski definition) is 4. The Balaban J connectivity index is 1.79. The summed E-state index contributed by atoms with van der Waals surface area (Å²) < 4.78 is 5.63. The van der Waals surface area contributed by atoms with Gasteiger partial charge in [-0.05, 0) is 18.1 Å². The van der Waals surface area contributed by atoms with Gasteiger partial charge < -0.3 is 15.8 Å². The molecule has 22 heavy (non-hydrogen) atoms. The monoisotopic (exact) mass is 298 g/mol. The molecule has 5 nitrogen and oxygen atoms in total. The summed E-state index contributed by atoms with van der Waals surface area (Å²) in [6, 6.07) is 14.1. The highest BCUT2D eigenvalue weighted by molar-refractivity contribution is 5.80. The van der Waals surface area contributed by atoms with Crippen LogP contribution in [0.2, 0.25) is 0 Å². The van der Waals surface area contributed by atoms with Gasteiger partial charge in [-0.2, -0.15) is 0 Å². The zero-order chi connectivity index (χ0) is 15.6. The van der Waals surface area contributed by atoms with Crippen molar-refractivity contribution >= 4 is 11.5 Å². The topological polar surface area (TPSA) is 72.5 Å². The van der Waals surface area contributed by atoms with Gasteiger partial charge in [-0.1, -0.05) is 30.3 Å². The van der Waals surface area contributed by atoms with Gasteiger partial charge in [0.1, 0.15) is 0 Å². The third kappa shape index (κ3) is 5.44. The largest absolute Gasteiger partial charge is 0.478 e. The van der Waals surface area contributed by atoms with Gasteiger partial charge in [0.2, 0.25) is 5.88 Å². The maximum atomic E-state index is 5.64. The molecule has 0 aliphatic carbocycles. The van der Waals surface area contributed by atoms with Gasteiger partial charge in [0.25, 0.3) is 0 Å². The normalized spacial score (nSPS) is 11.2. The van der Waals surface area contributed by atoms with Gasteiger partial charge in [0.05, 0.1) is 12.4 Å². The molecule has 0 fully saturated rings. The second-order valence-electron chi connectivity index (χ2n) is 4.89. The Morgan fingerprint density at radius 3 is 2.86 bits per heavy atom. The van der Waals surface area contributed by atoms with E-state index in [9.17, 15) is 0 Å². The van der Waals surface area contributed by atoms with Crippen molar-refractivity contribution in [1.82, 2.24) is 4.98 Å². The Labute approximate surface area is 131 Å². The predicted molar refractivity (Wildman–Crippen MR) is 90.3 cm³/mol.